The molecule has 2 saturated heterocycles. The van der Waals surface area contributed by atoms with Crippen molar-refractivity contribution < 1.29 is 61.8 Å². The lowest BCUT2D eigenvalue weighted by molar-refractivity contribution is -0.359. The lowest BCUT2D eigenvalue weighted by Crippen LogP contribution is -2.69. The molecule has 0 saturated carbocycles. The van der Waals surface area contributed by atoms with Gasteiger partial charge in [-0.05, 0) is 18.1 Å². The summed E-state index contributed by atoms with van der Waals surface area (Å²) in [5.74, 6) is -2.62. The highest BCUT2D eigenvalue weighted by Crippen LogP contribution is 2.35. The van der Waals surface area contributed by atoms with E-state index in [1.54, 1.807) is 6.08 Å². The minimum atomic E-state index is -1.42. The fraction of sp³-hybridized carbons (Fsp3) is 0.514. The van der Waals surface area contributed by atoms with Crippen molar-refractivity contribution in [3.05, 3.63) is 84.4 Å². The van der Waals surface area contributed by atoms with Gasteiger partial charge < -0.3 is 47.9 Å². The number of amides is 1. The Balaban J connectivity index is 1.76. The highest BCUT2D eigenvalue weighted by molar-refractivity contribution is 5.73. The molecule has 4 rings (SSSR count). The first-order valence-electron chi connectivity index (χ1n) is 16.7. The van der Waals surface area contributed by atoms with Gasteiger partial charge in [0.05, 0.1) is 25.9 Å². The summed E-state index contributed by atoms with van der Waals surface area (Å²) in [6, 6.07) is 17.9. The molecule has 0 radical (unpaired) electrons. The molecule has 2 aromatic rings. The van der Waals surface area contributed by atoms with Crippen molar-refractivity contribution in [1.29, 1.82) is 0 Å². The maximum Gasteiger partial charge on any atom is 0.303 e. The minimum absolute atomic E-state index is 0.0819. The van der Waals surface area contributed by atoms with E-state index in [4.69, 9.17) is 42.6 Å². The number of esters is 3. The van der Waals surface area contributed by atoms with Crippen LogP contribution in [0.15, 0.2) is 73.3 Å². The number of rotatable bonds is 16. The van der Waals surface area contributed by atoms with Crippen LogP contribution >= 0.6 is 0 Å². The van der Waals surface area contributed by atoms with Gasteiger partial charge in [0.15, 0.2) is 24.8 Å². The number of nitrogens with one attached hydrogen (secondary N) is 1. The second-order valence-corrected chi connectivity index (χ2v) is 12.2. The summed E-state index contributed by atoms with van der Waals surface area (Å²) in [6.07, 6.45) is -7.98. The van der Waals surface area contributed by atoms with E-state index >= 15 is 0 Å². The van der Waals surface area contributed by atoms with Crippen molar-refractivity contribution >= 4 is 23.8 Å². The van der Waals surface area contributed by atoms with E-state index in [0.29, 0.717) is 0 Å². The quantitative estimate of drug-likeness (QED) is 0.154. The molecule has 0 spiro atoms. The van der Waals surface area contributed by atoms with Gasteiger partial charge in [-0.1, -0.05) is 66.7 Å². The lowest BCUT2D eigenvalue weighted by Gasteiger charge is -2.49. The van der Waals surface area contributed by atoms with Crippen molar-refractivity contribution in [2.24, 2.45) is 0 Å². The predicted molar refractivity (Wildman–Crippen MR) is 179 cm³/mol. The van der Waals surface area contributed by atoms with E-state index < -0.39 is 91.8 Å². The number of carbonyl (C=O) groups excluding carboxylic acids is 4. The third-order valence-corrected chi connectivity index (χ3v) is 8.04. The summed E-state index contributed by atoms with van der Waals surface area (Å²) < 4.78 is 54.9. The molecule has 278 valence electrons. The first kappa shape index (κ1) is 39.6. The second kappa shape index (κ2) is 19.4. The molecule has 51 heavy (non-hydrogen) atoms. The van der Waals surface area contributed by atoms with Crippen molar-refractivity contribution in [2.75, 3.05) is 13.2 Å². The average Bonchev–Trinajstić information content (AvgIpc) is 3.08. The molecule has 1 amide bonds. The van der Waals surface area contributed by atoms with Gasteiger partial charge in [-0.3, -0.25) is 19.2 Å². The monoisotopic (exact) mass is 713 g/mol. The van der Waals surface area contributed by atoms with Crippen LogP contribution in [-0.4, -0.2) is 98.4 Å². The lowest BCUT2D eigenvalue weighted by atomic mass is 9.95. The molecule has 2 aromatic carbocycles. The average molecular weight is 714 g/mol. The van der Waals surface area contributed by atoms with Crippen LogP contribution in [0.1, 0.15) is 45.7 Å². The molecular formula is C37H47NO13. The van der Waals surface area contributed by atoms with Crippen molar-refractivity contribution in [3.63, 3.8) is 0 Å². The number of hydrogen-bond acceptors (Lipinski definition) is 13. The van der Waals surface area contributed by atoms with E-state index in [1.807, 2.05) is 67.6 Å². The van der Waals surface area contributed by atoms with Crippen LogP contribution in [0.2, 0.25) is 0 Å². The Morgan fingerprint density at radius 1 is 0.706 bits per heavy atom. The molecule has 2 heterocycles. The van der Waals surface area contributed by atoms with Crippen LogP contribution in [0, 0.1) is 0 Å². The molecule has 2 fully saturated rings. The molecule has 2 aliphatic heterocycles. The largest absolute Gasteiger partial charge is 0.463 e. The van der Waals surface area contributed by atoms with Crippen molar-refractivity contribution in [3.8, 4) is 0 Å². The molecule has 1 N–H and O–H groups in total. The van der Waals surface area contributed by atoms with E-state index in [2.05, 4.69) is 11.9 Å². The van der Waals surface area contributed by atoms with E-state index in [1.165, 1.54) is 20.8 Å². The van der Waals surface area contributed by atoms with Gasteiger partial charge in [0.2, 0.25) is 5.91 Å². The highest BCUT2D eigenvalue weighted by Gasteiger charge is 2.55. The van der Waals surface area contributed by atoms with Crippen LogP contribution in [-0.2, 0) is 75.0 Å². The van der Waals surface area contributed by atoms with Crippen LogP contribution < -0.4 is 5.32 Å². The van der Waals surface area contributed by atoms with Crippen LogP contribution in [0.4, 0.5) is 0 Å². The number of hydrogen-bond donors (Lipinski definition) is 1. The smallest absolute Gasteiger partial charge is 0.303 e. The zero-order chi connectivity index (χ0) is 36.9. The third kappa shape index (κ3) is 11.7. The fourth-order valence-electron chi connectivity index (χ4n) is 5.93. The summed E-state index contributed by atoms with van der Waals surface area (Å²) in [6.45, 7) is 10.5. The van der Waals surface area contributed by atoms with Gasteiger partial charge in [0.25, 0.3) is 0 Å². The van der Waals surface area contributed by atoms with Gasteiger partial charge in [-0.2, -0.15) is 0 Å². The minimum Gasteiger partial charge on any atom is -0.463 e. The third-order valence-electron chi connectivity index (χ3n) is 8.04. The fourth-order valence-corrected chi connectivity index (χ4v) is 5.93. The maximum atomic E-state index is 12.6. The number of benzene rings is 2. The first-order chi connectivity index (χ1) is 24.5. The maximum absolute atomic E-state index is 12.6. The summed E-state index contributed by atoms with van der Waals surface area (Å²) in [5.41, 5.74) is 1.80. The molecule has 2 aliphatic rings. The summed E-state index contributed by atoms with van der Waals surface area (Å²) in [4.78, 5) is 49.1. The molecule has 0 aliphatic carbocycles. The van der Waals surface area contributed by atoms with Gasteiger partial charge in [-0.25, -0.2) is 0 Å². The normalized spacial score (nSPS) is 29.0. The Hall–Kier alpha value is -4.18. The standard InChI is InChI=1S/C37H47NO13/c1-7-18-43-37-35(34(46-20-28-16-12-9-13-17-28)31(22(2)47-37)45-19-27-14-10-8-11-15-27)51-36-30(38-23(3)39)33(49-26(6)42)32(48-25(5)41)29(50-36)21-44-24(4)40/h7-17,22,29-37H,1,18-21H2,2-6H3,(H,38,39)/t22-,29+,30+,31-,32+,33+,34+,35+,36-,37?/m0/s1. The Morgan fingerprint density at radius 3 is 1.80 bits per heavy atom. The molecule has 1 unspecified atom stereocenters. The van der Waals surface area contributed by atoms with Gasteiger partial charge in [0, 0.05) is 27.7 Å². The Labute approximate surface area is 297 Å². The Bertz CT molecular complexity index is 1440. The Kier molecular flexibility index (Phi) is 15.1. The number of ether oxygens (including phenoxy) is 9. The summed E-state index contributed by atoms with van der Waals surface area (Å²) in [5, 5.41) is 2.73. The topological polar surface area (TPSA) is 163 Å². The molecule has 14 heteroatoms. The predicted octanol–water partition coefficient (Wildman–Crippen LogP) is 3.15. The first-order valence-corrected chi connectivity index (χ1v) is 16.7. The van der Waals surface area contributed by atoms with Crippen LogP contribution in [0.3, 0.4) is 0 Å². The SMILES string of the molecule is C=CCOC1O[C@@H](C)[C@H](OCc2ccccc2)[C@@H](OCc2ccccc2)[C@H]1O[C@@H]1O[C@H](COC(C)=O)[C@@H](OC(C)=O)[C@H](OC(C)=O)[C@H]1NC(C)=O. The van der Waals surface area contributed by atoms with E-state index in [0.717, 1.165) is 18.1 Å². The second-order valence-electron chi connectivity index (χ2n) is 12.2. The molecule has 0 aromatic heterocycles. The number of carbonyl (C=O) groups is 4. The van der Waals surface area contributed by atoms with Gasteiger partial charge in [0.1, 0.15) is 37.1 Å². The van der Waals surface area contributed by atoms with E-state index in [-0.39, 0.29) is 19.8 Å². The van der Waals surface area contributed by atoms with E-state index in [9.17, 15) is 19.2 Å². The Morgan fingerprint density at radius 2 is 1.27 bits per heavy atom. The van der Waals surface area contributed by atoms with Crippen molar-refractivity contribution in [2.45, 2.75) is 109 Å². The highest BCUT2D eigenvalue weighted by atomic mass is 16.8. The zero-order valence-corrected chi connectivity index (χ0v) is 29.5. The molecular weight excluding hydrogens is 666 g/mol. The zero-order valence-electron chi connectivity index (χ0n) is 29.5. The molecule has 10 atom stereocenters. The van der Waals surface area contributed by atoms with Crippen LogP contribution in [0.25, 0.3) is 0 Å². The van der Waals surface area contributed by atoms with Crippen molar-refractivity contribution in [1.82, 2.24) is 5.32 Å². The van der Waals surface area contributed by atoms with Crippen LogP contribution in [0.5, 0.6) is 0 Å². The molecule has 0 bridgehead atoms. The summed E-state index contributed by atoms with van der Waals surface area (Å²) in [7, 11) is 0. The molecule has 14 nitrogen and oxygen atoms in total. The summed E-state index contributed by atoms with van der Waals surface area (Å²) >= 11 is 0. The van der Waals surface area contributed by atoms with Gasteiger partial charge >= 0.3 is 17.9 Å². The van der Waals surface area contributed by atoms with Gasteiger partial charge in [-0.15, -0.1) is 6.58 Å².